The maximum absolute atomic E-state index is 12.2. The quantitative estimate of drug-likeness (QED) is 0.496. The van der Waals surface area contributed by atoms with Crippen LogP contribution in [0, 0.1) is 0 Å². The summed E-state index contributed by atoms with van der Waals surface area (Å²) in [6.07, 6.45) is 9.41. The molecule has 0 aliphatic carbocycles. The molecule has 2 rings (SSSR count). The molecular formula is C21H29NO4. The number of aromatic carboxylic acids is 1. The van der Waals surface area contributed by atoms with Crippen LogP contribution in [0.5, 0.6) is 0 Å². The molecule has 5 nitrogen and oxygen atoms in total. The lowest BCUT2D eigenvalue weighted by molar-refractivity contribution is -0.128. The molecule has 1 aromatic carbocycles. The van der Waals surface area contributed by atoms with Crippen molar-refractivity contribution in [1.29, 1.82) is 0 Å². The summed E-state index contributed by atoms with van der Waals surface area (Å²) < 4.78 is 0. The van der Waals surface area contributed by atoms with E-state index in [1.807, 2.05) is 17.1 Å². The van der Waals surface area contributed by atoms with E-state index >= 15 is 0 Å². The van der Waals surface area contributed by atoms with Crippen LogP contribution in [0.4, 0.5) is 0 Å². The predicted octanol–water partition coefficient (Wildman–Crippen LogP) is 3.42. The number of rotatable bonds is 10. The van der Waals surface area contributed by atoms with E-state index in [9.17, 15) is 14.7 Å². The lowest BCUT2D eigenvalue weighted by Crippen LogP contribution is -2.33. The molecule has 0 aromatic heterocycles. The molecule has 1 aromatic rings. The summed E-state index contributed by atoms with van der Waals surface area (Å²) in [5, 5.41) is 19.0. The fourth-order valence-corrected chi connectivity index (χ4v) is 3.27. The average molecular weight is 359 g/mol. The summed E-state index contributed by atoms with van der Waals surface area (Å²) in [5.74, 6) is -0.795. The maximum Gasteiger partial charge on any atom is 0.335 e. The van der Waals surface area contributed by atoms with Gasteiger partial charge in [-0.2, -0.15) is 0 Å². The minimum atomic E-state index is -0.936. The van der Waals surface area contributed by atoms with Crippen molar-refractivity contribution < 1.29 is 19.8 Å². The first kappa shape index (κ1) is 20.2. The lowest BCUT2D eigenvalue weighted by atomic mass is 10.1. The summed E-state index contributed by atoms with van der Waals surface area (Å²) in [6, 6.07) is 6.82. The van der Waals surface area contributed by atoms with Crippen LogP contribution in [-0.4, -0.2) is 45.7 Å². The van der Waals surface area contributed by atoms with E-state index in [-0.39, 0.29) is 17.5 Å². The smallest absolute Gasteiger partial charge is 0.335 e. The summed E-state index contributed by atoms with van der Waals surface area (Å²) >= 11 is 0. The van der Waals surface area contributed by atoms with Gasteiger partial charge in [-0.05, 0) is 37.0 Å². The SMILES string of the molecule is CCCCC[C@@H](O)C=C[C@@H]1CCC(=O)N1CCc1ccc(C(=O)O)cc1. The Hall–Kier alpha value is -2.14. The van der Waals surface area contributed by atoms with E-state index in [0.717, 1.165) is 37.7 Å². The highest BCUT2D eigenvalue weighted by Crippen LogP contribution is 2.21. The molecule has 5 heteroatoms. The van der Waals surface area contributed by atoms with Gasteiger partial charge in [-0.15, -0.1) is 0 Å². The number of unbranched alkanes of at least 4 members (excludes halogenated alkanes) is 2. The molecule has 26 heavy (non-hydrogen) atoms. The highest BCUT2D eigenvalue weighted by Gasteiger charge is 2.28. The van der Waals surface area contributed by atoms with Gasteiger partial charge in [0.2, 0.25) is 5.91 Å². The van der Waals surface area contributed by atoms with Crippen LogP contribution in [0.25, 0.3) is 0 Å². The maximum atomic E-state index is 12.2. The highest BCUT2D eigenvalue weighted by molar-refractivity contribution is 5.87. The summed E-state index contributed by atoms with van der Waals surface area (Å²) in [6.45, 7) is 2.74. The highest BCUT2D eigenvalue weighted by atomic mass is 16.4. The van der Waals surface area contributed by atoms with Gasteiger partial charge in [0.05, 0.1) is 17.7 Å². The number of carboxylic acid groups (broad SMARTS) is 1. The monoisotopic (exact) mass is 359 g/mol. The Kier molecular flexibility index (Phi) is 7.85. The standard InChI is InChI=1S/C21H29NO4/c1-2-3-4-5-19(23)12-10-18-11-13-20(24)22(18)15-14-16-6-8-17(9-7-16)21(25)26/h6-10,12,18-19,23H,2-5,11,13-15H2,1H3,(H,25,26)/t18-,19-/m1/s1. The lowest BCUT2D eigenvalue weighted by Gasteiger charge is -2.22. The molecule has 1 fully saturated rings. The number of amides is 1. The van der Waals surface area contributed by atoms with Gasteiger partial charge in [-0.25, -0.2) is 4.79 Å². The molecule has 1 heterocycles. The van der Waals surface area contributed by atoms with Crippen LogP contribution < -0.4 is 0 Å². The molecule has 2 N–H and O–H groups in total. The van der Waals surface area contributed by atoms with Crippen molar-refractivity contribution >= 4 is 11.9 Å². The van der Waals surface area contributed by atoms with E-state index in [1.165, 1.54) is 0 Å². The number of hydrogen-bond donors (Lipinski definition) is 2. The van der Waals surface area contributed by atoms with E-state index < -0.39 is 12.1 Å². The van der Waals surface area contributed by atoms with Crippen molar-refractivity contribution in [1.82, 2.24) is 4.90 Å². The molecular weight excluding hydrogens is 330 g/mol. The van der Waals surface area contributed by atoms with Crippen molar-refractivity contribution in [3.63, 3.8) is 0 Å². The van der Waals surface area contributed by atoms with Gasteiger partial charge in [0, 0.05) is 13.0 Å². The fraction of sp³-hybridized carbons (Fsp3) is 0.524. The number of hydrogen-bond acceptors (Lipinski definition) is 3. The van der Waals surface area contributed by atoms with Gasteiger partial charge < -0.3 is 15.1 Å². The number of aliphatic hydroxyl groups is 1. The third kappa shape index (κ3) is 5.99. The second-order valence-electron chi connectivity index (χ2n) is 6.89. The van der Waals surface area contributed by atoms with Gasteiger partial charge in [0.15, 0.2) is 0 Å². The minimum absolute atomic E-state index is 0.0432. The molecule has 0 radical (unpaired) electrons. The summed E-state index contributed by atoms with van der Waals surface area (Å²) in [5.41, 5.74) is 1.28. The molecule has 1 saturated heterocycles. The van der Waals surface area contributed by atoms with Gasteiger partial charge >= 0.3 is 5.97 Å². The van der Waals surface area contributed by atoms with Gasteiger partial charge in [-0.1, -0.05) is 50.5 Å². The number of nitrogens with zero attached hydrogens (tertiary/aromatic N) is 1. The molecule has 0 bridgehead atoms. The largest absolute Gasteiger partial charge is 0.478 e. The Labute approximate surface area is 155 Å². The van der Waals surface area contributed by atoms with Crippen LogP contribution in [0.1, 0.15) is 61.4 Å². The second kappa shape index (κ2) is 10.1. The Morgan fingerprint density at radius 1 is 1.31 bits per heavy atom. The number of likely N-dealkylation sites (tertiary alicyclic amines) is 1. The van der Waals surface area contributed by atoms with Crippen LogP contribution >= 0.6 is 0 Å². The third-order valence-electron chi connectivity index (χ3n) is 4.88. The van der Waals surface area contributed by atoms with Crippen molar-refractivity contribution in [3.05, 3.63) is 47.5 Å². The van der Waals surface area contributed by atoms with E-state index in [4.69, 9.17) is 5.11 Å². The zero-order valence-electron chi connectivity index (χ0n) is 15.4. The fourth-order valence-electron chi connectivity index (χ4n) is 3.27. The molecule has 0 saturated carbocycles. The van der Waals surface area contributed by atoms with Gasteiger partial charge in [0.25, 0.3) is 0 Å². The van der Waals surface area contributed by atoms with Gasteiger partial charge in [0.1, 0.15) is 0 Å². The first-order valence-corrected chi connectivity index (χ1v) is 9.49. The molecule has 0 spiro atoms. The second-order valence-corrected chi connectivity index (χ2v) is 6.89. The van der Waals surface area contributed by atoms with Gasteiger partial charge in [-0.3, -0.25) is 4.79 Å². The normalized spacial score (nSPS) is 18.6. The van der Waals surface area contributed by atoms with Crippen LogP contribution in [0.3, 0.4) is 0 Å². The van der Waals surface area contributed by atoms with Crippen molar-refractivity contribution in [2.24, 2.45) is 0 Å². The molecule has 0 unspecified atom stereocenters. The molecule has 1 amide bonds. The Bertz CT molecular complexity index is 623. The first-order chi connectivity index (χ1) is 12.5. The van der Waals surface area contributed by atoms with Crippen molar-refractivity contribution in [2.45, 2.75) is 64.0 Å². The van der Waals surface area contributed by atoms with Crippen LogP contribution in [0.2, 0.25) is 0 Å². The van der Waals surface area contributed by atoms with Crippen LogP contribution in [-0.2, 0) is 11.2 Å². The average Bonchev–Trinajstić information content (AvgIpc) is 2.98. The number of carbonyl (C=O) groups excluding carboxylic acids is 1. The number of aliphatic hydroxyl groups excluding tert-OH is 1. The van der Waals surface area contributed by atoms with E-state index in [2.05, 4.69) is 6.92 Å². The Morgan fingerprint density at radius 3 is 2.69 bits per heavy atom. The zero-order chi connectivity index (χ0) is 18.9. The summed E-state index contributed by atoms with van der Waals surface area (Å²) in [4.78, 5) is 24.9. The van der Waals surface area contributed by atoms with Crippen molar-refractivity contribution in [2.75, 3.05) is 6.54 Å². The summed E-state index contributed by atoms with van der Waals surface area (Å²) in [7, 11) is 0. The molecule has 1 aliphatic rings. The Morgan fingerprint density at radius 2 is 2.04 bits per heavy atom. The van der Waals surface area contributed by atoms with Crippen LogP contribution in [0.15, 0.2) is 36.4 Å². The molecule has 1 aliphatic heterocycles. The minimum Gasteiger partial charge on any atom is -0.478 e. The molecule has 2 atom stereocenters. The van der Waals surface area contributed by atoms with Crippen molar-refractivity contribution in [3.8, 4) is 0 Å². The number of carboxylic acids is 1. The van der Waals surface area contributed by atoms with E-state index in [0.29, 0.717) is 19.4 Å². The van der Waals surface area contributed by atoms with E-state index in [1.54, 1.807) is 24.3 Å². The Balaban J connectivity index is 1.87. The number of carbonyl (C=O) groups is 2. The predicted molar refractivity (Wildman–Crippen MR) is 101 cm³/mol. The zero-order valence-corrected chi connectivity index (χ0v) is 15.4. The number of benzene rings is 1. The first-order valence-electron chi connectivity index (χ1n) is 9.49. The third-order valence-corrected chi connectivity index (χ3v) is 4.88. The topological polar surface area (TPSA) is 77.8 Å². The molecule has 142 valence electrons.